The Balaban J connectivity index is 2.36. The number of fused-ring (bicyclic) bond motifs is 1. The van der Waals surface area contributed by atoms with E-state index < -0.39 is 27.1 Å². The molecular formula is C37H44O4. The number of benzene rings is 3. The molecule has 0 amide bonds. The normalized spacial score (nSPS) is 15.8. The maximum absolute atomic E-state index is 15.0. The van der Waals surface area contributed by atoms with Gasteiger partial charge in [0.15, 0.2) is 23.1 Å². The average molecular weight is 553 g/mol. The Kier molecular flexibility index (Phi) is 6.94. The van der Waals surface area contributed by atoms with Crippen LogP contribution in [0.3, 0.4) is 0 Å². The molecule has 4 rings (SSSR count). The van der Waals surface area contributed by atoms with Gasteiger partial charge in [0.05, 0.1) is 0 Å². The quantitative estimate of drug-likeness (QED) is 0.297. The first-order valence-corrected chi connectivity index (χ1v) is 14.5. The number of carbonyl (C=O) groups is 2. The minimum atomic E-state index is -1.75. The minimum absolute atomic E-state index is 0.0682. The molecule has 0 heterocycles. The first-order chi connectivity index (χ1) is 18.5. The molecule has 3 aromatic carbocycles. The average Bonchev–Trinajstić information content (AvgIpc) is 3.04. The molecule has 0 unspecified atom stereocenters. The summed E-state index contributed by atoms with van der Waals surface area (Å²) in [5.74, 6) is -0.853. The number of rotatable bonds is 2. The van der Waals surface area contributed by atoms with Crippen molar-refractivity contribution in [3.8, 4) is 11.5 Å². The highest BCUT2D eigenvalue weighted by Crippen LogP contribution is 2.54. The molecule has 0 aromatic heterocycles. The van der Waals surface area contributed by atoms with Crippen molar-refractivity contribution in [2.45, 2.75) is 110 Å². The van der Waals surface area contributed by atoms with E-state index in [1.54, 1.807) is 48.5 Å². The van der Waals surface area contributed by atoms with Gasteiger partial charge in [-0.3, -0.25) is 19.8 Å². The van der Waals surface area contributed by atoms with Crippen molar-refractivity contribution in [3.63, 3.8) is 0 Å². The number of hydrogen-bond donors (Lipinski definition) is 0. The molecule has 4 heteroatoms. The number of carbonyl (C=O) groups excluding carboxylic acids is 2. The second-order valence-corrected chi connectivity index (χ2v) is 15.7. The summed E-state index contributed by atoms with van der Waals surface area (Å²) in [5.41, 5.74) is 0.313. The van der Waals surface area contributed by atoms with E-state index in [4.69, 9.17) is 0 Å². The van der Waals surface area contributed by atoms with Crippen LogP contribution in [0.4, 0.5) is 0 Å². The van der Waals surface area contributed by atoms with Crippen molar-refractivity contribution >= 4 is 11.6 Å². The standard InChI is InChI=1S/C37H44O4/c1-33(2,3)25-19-22(38)20-26(34(4,5)6)29(25)37(31(40)23-15-13-14-16-24(23)32(37)41)21-17-27(35(7,8)9)30(39)28(18-21)36(10,11)12/h13-20H,1-12H3. The van der Waals surface area contributed by atoms with Crippen molar-refractivity contribution in [1.82, 2.24) is 0 Å². The lowest BCUT2D eigenvalue weighted by atomic mass is 9.61. The minimum Gasteiger partial charge on any atom is -0.292 e. The number of Topliss-reactive ketones (excluding diaryl/α,β-unsaturated/α-hetero) is 2. The zero-order valence-corrected chi connectivity index (χ0v) is 26.8. The molecule has 1 aliphatic carbocycles. The summed E-state index contributed by atoms with van der Waals surface area (Å²) >= 11 is 0. The van der Waals surface area contributed by atoms with Crippen LogP contribution in [-0.4, -0.2) is 11.6 Å². The Bertz CT molecular complexity index is 1460. The molecule has 2 radical (unpaired) electrons. The van der Waals surface area contributed by atoms with Crippen LogP contribution < -0.4 is 0 Å². The summed E-state index contributed by atoms with van der Waals surface area (Å²) in [4.78, 5) is 30.0. The molecule has 0 N–H and O–H groups in total. The SMILES string of the molecule is CC(C)(C)c1cc(C2(c3c(C(C)(C)C)cc([O])cc3C(C)(C)C)C(=O)c3ccccc3C2=O)cc(C(C)(C)C)c1[O]. The summed E-state index contributed by atoms with van der Waals surface area (Å²) < 4.78 is 0. The van der Waals surface area contributed by atoms with E-state index in [0.29, 0.717) is 44.5 Å². The second kappa shape index (κ2) is 9.31. The van der Waals surface area contributed by atoms with Crippen LogP contribution >= 0.6 is 0 Å². The zero-order chi connectivity index (χ0) is 31.1. The van der Waals surface area contributed by atoms with Gasteiger partial charge in [-0.1, -0.05) is 107 Å². The lowest BCUT2D eigenvalue weighted by Gasteiger charge is -2.39. The lowest BCUT2D eigenvalue weighted by Crippen LogP contribution is -2.44. The molecule has 0 fully saturated rings. The maximum atomic E-state index is 15.0. The van der Waals surface area contributed by atoms with Crippen LogP contribution in [0.2, 0.25) is 0 Å². The highest BCUT2D eigenvalue weighted by atomic mass is 16.3. The highest BCUT2D eigenvalue weighted by molar-refractivity contribution is 6.35. The first kappa shape index (κ1) is 30.6. The summed E-state index contributed by atoms with van der Waals surface area (Å²) in [5, 5.41) is 27.1. The predicted octanol–water partition coefficient (Wildman–Crippen LogP) is 9.53. The van der Waals surface area contributed by atoms with Gasteiger partial charge in [-0.25, -0.2) is 0 Å². The van der Waals surface area contributed by atoms with Crippen molar-refractivity contribution in [1.29, 1.82) is 0 Å². The fourth-order valence-electron chi connectivity index (χ4n) is 6.18. The molecule has 41 heavy (non-hydrogen) atoms. The molecular weight excluding hydrogens is 508 g/mol. The van der Waals surface area contributed by atoms with Crippen molar-refractivity contribution < 1.29 is 19.8 Å². The van der Waals surface area contributed by atoms with Gasteiger partial charge in [0.25, 0.3) is 0 Å². The summed E-state index contributed by atoms with van der Waals surface area (Å²) in [6.45, 7) is 23.9. The monoisotopic (exact) mass is 552 g/mol. The third-order valence-corrected chi connectivity index (χ3v) is 8.34. The molecule has 0 atom stereocenters. The van der Waals surface area contributed by atoms with E-state index >= 15 is 9.59 Å². The highest BCUT2D eigenvalue weighted by Gasteiger charge is 2.58. The molecule has 0 saturated carbocycles. The molecule has 1 aliphatic rings. The van der Waals surface area contributed by atoms with E-state index in [1.165, 1.54) is 0 Å². The van der Waals surface area contributed by atoms with Gasteiger partial charge >= 0.3 is 0 Å². The second-order valence-electron chi connectivity index (χ2n) is 15.7. The van der Waals surface area contributed by atoms with Crippen molar-refractivity contribution in [2.24, 2.45) is 0 Å². The summed E-state index contributed by atoms with van der Waals surface area (Å²) in [6, 6.07) is 13.7. The van der Waals surface area contributed by atoms with Gasteiger partial charge in [0.2, 0.25) is 0 Å². The largest absolute Gasteiger partial charge is 0.292 e. The van der Waals surface area contributed by atoms with E-state index in [9.17, 15) is 10.2 Å². The van der Waals surface area contributed by atoms with Gasteiger partial charge in [-0.15, -0.1) is 0 Å². The fraction of sp³-hybridized carbons (Fsp3) is 0.459. The maximum Gasteiger partial charge on any atom is 0.186 e. The summed E-state index contributed by atoms with van der Waals surface area (Å²) in [7, 11) is 0. The van der Waals surface area contributed by atoms with Crippen LogP contribution in [0, 0.1) is 0 Å². The fourth-order valence-corrected chi connectivity index (χ4v) is 6.18. The lowest BCUT2D eigenvalue weighted by molar-refractivity contribution is 0.0825. The molecule has 3 aromatic rings. The van der Waals surface area contributed by atoms with E-state index in [0.717, 1.165) is 0 Å². The van der Waals surface area contributed by atoms with E-state index in [2.05, 4.69) is 0 Å². The predicted molar refractivity (Wildman–Crippen MR) is 164 cm³/mol. The van der Waals surface area contributed by atoms with Crippen LogP contribution in [0.15, 0.2) is 48.5 Å². The Labute approximate surface area is 245 Å². The van der Waals surface area contributed by atoms with Gasteiger partial charge < -0.3 is 0 Å². The van der Waals surface area contributed by atoms with E-state index in [-0.39, 0.29) is 23.1 Å². The molecule has 0 spiro atoms. The Hall–Kier alpha value is -3.40. The third-order valence-electron chi connectivity index (χ3n) is 8.34. The van der Waals surface area contributed by atoms with E-state index in [1.807, 2.05) is 83.1 Å². The van der Waals surface area contributed by atoms with Gasteiger partial charge in [-0.05, 0) is 68.2 Å². The molecule has 0 bridgehead atoms. The topological polar surface area (TPSA) is 73.9 Å². The van der Waals surface area contributed by atoms with Crippen molar-refractivity contribution in [2.75, 3.05) is 0 Å². The third kappa shape index (κ3) is 4.79. The van der Waals surface area contributed by atoms with Crippen LogP contribution in [-0.2, 0) is 37.3 Å². The summed E-state index contributed by atoms with van der Waals surface area (Å²) in [6.07, 6.45) is 0. The van der Waals surface area contributed by atoms with Crippen molar-refractivity contribution in [3.05, 3.63) is 93.0 Å². The Morgan fingerprint density at radius 1 is 0.512 bits per heavy atom. The van der Waals surface area contributed by atoms with Gasteiger partial charge in [0.1, 0.15) is 5.41 Å². The molecule has 4 nitrogen and oxygen atoms in total. The Morgan fingerprint density at radius 3 is 1.17 bits per heavy atom. The van der Waals surface area contributed by atoms with Gasteiger partial charge in [-0.2, -0.15) is 0 Å². The molecule has 0 saturated heterocycles. The van der Waals surface area contributed by atoms with Crippen LogP contribution in [0.25, 0.3) is 0 Å². The Morgan fingerprint density at radius 2 is 0.854 bits per heavy atom. The number of ketones is 2. The molecule has 216 valence electrons. The van der Waals surface area contributed by atoms with Crippen LogP contribution in [0.1, 0.15) is 137 Å². The van der Waals surface area contributed by atoms with Crippen LogP contribution in [0.5, 0.6) is 11.5 Å². The molecule has 0 aliphatic heterocycles. The smallest absolute Gasteiger partial charge is 0.186 e. The number of hydrogen-bond acceptors (Lipinski definition) is 2. The zero-order valence-electron chi connectivity index (χ0n) is 26.8. The van der Waals surface area contributed by atoms with Gasteiger partial charge in [0, 0.05) is 22.3 Å². The first-order valence-electron chi connectivity index (χ1n) is 14.5.